The van der Waals surface area contributed by atoms with Crippen LogP contribution in [0, 0.1) is 11.9 Å². The molecule has 0 spiro atoms. The van der Waals surface area contributed by atoms with Gasteiger partial charge in [-0.2, -0.15) is 4.39 Å². The monoisotopic (exact) mass is 236 g/mol. The van der Waals surface area contributed by atoms with Crippen molar-refractivity contribution >= 4 is 11.7 Å². The molecule has 0 saturated heterocycles. The second-order valence-corrected chi connectivity index (χ2v) is 4.52. The van der Waals surface area contributed by atoms with Crippen molar-refractivity contribution in [3.05, 3.63) is 24.1 Å². The summed E-state index contributed by atoms with van der Waals surface area (Å²) >= 11 is 0. The van der Waals surface area contributed by atoms with Gasteiger partial charge < -0.3 is 5.32 Å². The van der Waals surface area contributed by atoms with E-state index in [0.717, 1.165) is 25.7 Å². The Morgan fingerprint density at radius 1 is 1.24 bits per heavy atom. The number of nitrogens with one attached hydrogen (secondary N) is 1. The van der Waals surface area contributed by atoms with Gasteiger partial charge in [-0.25, -0.2) is 4.98 Å². The Balaban J connectivity index is 1.95. The molecule has 1 aromatic rings. The average Bonchev–Trinajstić information content (AvgIpc) is 2.57. The number of carbonyl (C=O) groups excluding carboxylic acids is 1. The van der Waals surface area contributed by atoms with Gasteiger partial charge in [0.05, 0.1) is 0 Å². The Morgan fingerprint density at radius 3 is 2.59 bits per heavy atom. The van der Waals surface area contributed by atoms with Crippen LogP contribution in [0.5, 0.6) is 0 Å². The molecule has 1 aromatic heterocycles. The van der Waals surface area contributed by atoms with Crippen molar-refractivity contribution in [1.82, 2.24) is 4.98 Å². The summed E-state index contributed by atoms with van der Waals surface area (Å²) in [6.07, 6.45) is 6.50. The van der Waals surface area contributed by atoms with Crippen LogP contribution >= 0.6 is 0 Å². The van der Waals surface area contributed by atoms with E-state index in [1.165, 1.54) is 18.9 Å². The lowest BCUT2D eigenvalue weighted by Gasteiger charge is -2.13. The van der Waals surface area contributed by atoms with Gasteiger partial charge in [-0.15, -0.1) is 0 Å². The number of aromatic nitrogens is 1. The first kappa shape index (κ1) is 12.0. The summed E-state index contributed by atoms with van der Waals surface area (Å²) in [6.45, 7) is 0. The largest absolute Gasteiger partial charge is 0.310 e. The van der Waals surface area contributed by atoms with E-state index >= 15 is 0 Å². The van der Waals surface area contributed by atoms with Crippen LogP contribution in [0.25, 0.3) is 0 Å². The highest BCUT2D eigenvalue weighted by molar-refractivity contribution is 5.91. The van der Waals surface area contributed by atoms with Crippen molar-refractivity contribution in [2.24, 2.45) is 5.92 Å². The number of hydrogen-bond acceptors (Lipinski definition) is 2. The summed E-state index contributed by atoms with van der Waals surface area (Å²) in [6, 6.07) is 4.42. The molecular formula is C13H17FN2O. The van der Waals surface area contributed by atoms with Crippen LogP contribution in [0.2, 0.25) is 0 Å². The minimum Gasteiger partial charge on any atom is -0.310 e. The van der Waals surface area contributed by atoms with E-state index in [0.29, 0.717) is 5.82 Å². The van der Waals surface area contributed by atoms with E-state index in [1.807, 2.05) is 0 Å². The van der Waals surface area contributed by atoms with Gasteiger partial charge >= 0.3 is 0 Å². The van der Waals surface area contributed by atoms with Gasteiger partial charge in [0, 0.05) is 5.92 Å². The molecule has 1 N–H and O–H groups in total. The van der Waals surface area contributed by atoms with E-state index < -0.39 is 5.95 Å². The molecule has 1 heterocycles. The number of hydrogen-bond donors (Lipinski definition) is 1. The molecule has 1 fully saturated rings. The molecule has 3 nitrogen and oxygen atoms in total. The molecule has 1 saturated carbocycles. The van der Waals surface area contributed by atoms with Crippen molar-refractivity contribution in [1.29, 1.82) is 0 Å². The number of halogens is 1. The van der Waals surface area contributed by atoms with E-state index in [-0.39, 0.29) is 11.8 Å². The van der Waals surface area contributed by atoms with Gasteiger partial charge in [0.2, 0.25) is 11.9 Å². The molecule has 0 atom stereocenters. The molecule has 0 aliphatic heterocycles. The standard InChI is InChI=1S/C13H17FN2O/c14-11-8-5-9-12(15-11)16-13(17)10-6-3-1-2-4-7-10/h5,8-10H,1-4,6-7H2,(H,15,16,17). The molecule has 1 aliphatic rings. The molecule has 0 bridgehead atoms. The van der Waals surface area contributed by atoms with E-state index in [1.54, 1.807) is 12.1 Å². The van der Waals surface area contributed by atoms with Gasteiger partial charge in [-0.05, 0) is 25.0 Å². The molecule has 1 aliphatic carbocycles. The Hall–Kier alpha value is -1.45. The highest BCUT2D eigenvalue weighted by atomic mass is 19.1. The number of nitrogens with zero attached hydrogens (tertiary/aromatic N) is 1. The number of rotatable bonds is 2. The zero-order chi connectivity index (χ0) is 12.1. The molecular weight excluding hydrogens is 219 g/mol. The second kappa shape index (κ2) is 5.75. The fourth-order valence-electron chi connectivity index (χ4n) is 2.25. The van der Waals surface area contributed by atoms with Gasteiger partial charge in [-0.3, -0.25) is 4.79 Å². The summed E-state index contributed by atoms with van der Waals surface area (Å²) in [4.78, 5) is 15.6. The fraction of sp³-hybridized carbons (Fsp3) is 0.538. The van der Waals surface area contributed by atoms with Crippen LogP contribution in [0.15, 0.2) is 18.2 Å². The smallest absolute Gasteiger partial charge is 0.228 e. The highest BCUT2D eigenvalue weighted by Crippen LogP contribution is 2.23. The van der Waals surface area contributed by atoms with E-state index in [9.17, 15) is 9.18 Å². The fourth-order valence-corrected chi connectivity index (χ4v) is 2.25. The number of pyridine rings is 1. The third-order valence-electron chi connectivity index (χ3n) is 3.19. The Morgan fingerprint density at radius 2 is 1.94 bits per heavy atom. The summed E-state index contributed by atoms with van der Waals surface area (Å²) in [5, 5.41) is 2.69. The van der Waals surface area contributed by atoms with Crippen molar-refractivity contribution < 1.29 is 9.18 Å². The average molecular weight is 236 g/mol. The third-order valence-corrected chi connectivity index (χ3v) is 3.19. The van der Waals surface area contributed by atoms with Crippen molar-refractivity contribution in [3.63, 3.8) is 0 Å². The van der Waals surface area contributed by atoms with Crippen molar-refractivity contribution in [2.75, 3.05) is 5.32 Å². The molecule has 0 radical (unpaired) electrons. The third kappa shape index (κ3) is 3.51. The van der Waals surface area contributed by atoms with E-state index in [2.05, 4.69) is 10.3 Å². The topological polar surface area (TPSA) is 42.0 Å². The van der Waals surface area contributed by atoms with Crippen LogP contribution in [-0.2, 0) is 4.79 Å². The first-order valence-corrected chi connectivity index (χ1v) is 6.19. The van der Waals surface area contributed by atoms with Crippen LogP contribution in [0.3, 0.4) is 0 Å². The first-order chi connectivity index (χ1) is 8.25. The van der Waals surface area contributed by atoms with Crippen LogP contribution < -0.4 is 5.32 Å². The SMILES string of the molecule is O=C(Nc1cccc(F)n1)C1CCCCCC1. The van der Waals surface area contributed by atoms with Crippen LogP contribution in [0.1, 0.15) is 38.5 Å². The number of anilines is 1. The molecule has 92 valence electrons. The molecule has 1 amide bonds. The summed E-state index contributed by atoms with van der Waals surface area (Å²) in [5.74, 6) is -0.226. The normalized spacial score (nSPS) is 17.5. The van der Waals surface area contributed by atoms with Gasteiger partial charge in [0.25, 0.3) is 0 Å². The summed E-state index contributed by atoms with van der Waals surface area (Å²) in [7, 11) is 0. The van der Waals surface area contributed by atoms with Gasteiger partial charge in [-0.1, -0.05) is 31.7 Å². The van der Waals surface area contributed by atoms with Crippen LogP contribution in [0.4, 0.5) is 10.2 Å². The zero-order valence-electron chi connectivity index (χ0n) is 9.79. The van der Waals surface area contributed by atoms with Crippen molar-refractivity contribution in [2.45, 2.75) is 38.5 Å². The second-order valence-electron chi connectivity index (χ2n) is 4.52. The molecule has 2 rings (SSSR count). The van der Waals surface area contributed by atoms with Crippen LogP contribution in [-0.4, -0.2) is 10.9 Å². The zero-order valence-corrected chi connectivity index (χ0v) is 9.79. The lowest BCUT2D eigenvalue weighted by atomic mass is 9.99. The molecule has 4 heteroatoms. The molecule has 17 heavy (non-hydrogen) atoms. The summed E-state index contributed by atoms with van der Waals surface area (Å²) in [5.41, 5.74) is 0. The Bertz CT molecular complexity index is 387. The maximum atomic E-state index is 12.9. The predicted molar refractivity (Wildman–Crippen MR) is 64.0 cm³/mol. The van der Waals surface area contributed by atoms with Crippen molar-refractivity contribution in [3.8, 4) is 0 Å². The lowest BCUT2D eigenvalue weighted by Crippen LogP contribution is -2.23. The predicted octanol–water partition coefficient (Wildman–Crippen LogP) is 3.13. The first-order valence-electron chi connectivity index (χ1n) is 6.19. The number of amides is 1. The number of carbonyl (C=O) groups is 1. The van der Waals surface area contributed by atoms with Gasteiger partial charge in [0.15, 0.2) is 0 Å². The van der Waals surface area contributed by atoms with Gasteiger partial charge in [0.1, 0.15) is 5.82 Å². The molecule has 0 aromatic carbocycles. The Labute approximate surface area is 100 Å². The highest BCUT2D eigenvalue weighted by Gasteiger charge is 2.20. The Kier molecular flexibility index (Phi) is 4.07. The minimum absolute atomic E-state index is 0.0231. The maximum Gasteiger partial charge on any atom is 0.228 e. The summed E-state index contributed by atoms with van der Waals surface area (Å²) < 4.78 is 12.9. The minimum atomic E-state index is -0.566. The molecule has 0 unspecified atom stereocenters. The maximum absolute atomic E-state index is 12.9. The lowest BCUT2D eigenvalue weighted by molar-refractivity contribution is -0.120. The quantitative estimate of drug-likeness (QED) is 0.633. The van der Waals surface area contributed by atoms with E-state index in [4.69, 9.17) is 0 Å².